The van der Waals surface area contributed by atoms with E-state index in [1.54, 1.807) is 12.1 Å². The van der Waals surface area contributed by atoms with Crippen molar-refractivity contribution in [1.82, 2.24) is 0 Å². The fraction of sp³-hybridized carbons (Fsp3) is 0.316. The molecule has 4 nitrogen and oxygen atoms in total. The Kier molecular flexibility index (Phi) is 3.72. The van der Waals surface area contributed by atoms with Gasteiger partial charge in [0.15, 0.2) is 5.69 Å². The topological polar surface area (TPSA) is 20.1 Å². The van der Waals surface area contributed by atoms with Crippen LogP contribution in [-0.2, 0) is 0 Å². The van der Waals surface area contributed by atoms with Gasteiger partial charge >= 0.3 is 6.36 Å². The summed E-state index contributed by atoms with van der Waals surface area (Å²) < 4.78 is 40.5. The zero-order valence-corrected chi connectivity index (χ0v) is 13.8. The second-order valence-electron chi connectivity index (χ2n) is 6.88. The summed E-state index contributed by atoms with van der Waals surface area (Å²) in [4.78, 5) is 7.84. The molecule has 0 amide bonds. The summed E-state index contributed by atoms with van der Waals surface area (Å²) in [5.74, 6) is -0.200. The quantitative estimate of drug-likeness (QED) is 0.755. The van der Waals surface area contributed by atoms with Crippen LogP contribution >= 0.6 is 0 Å². The highest BCUT2D eigenvalue weighted by atomic mass is 19.4. The second kappa shape index (κ2) is 5.84. The molecule has 2 aromatic carbocycles. The van der Waals surface area contributed by atoms with Crippen LogP contribution in [0.4, 0.5) is 30.2 Å². The molecule has 4 rings (SSSR count). The van der Waals surface area contributed by atoms with Crippen LogP contribution in [0.15, 0.2) is 48.5 Å². The Morgan fingerprint density at radius 1 is 0.846 bits per heavy atom. The Morgan fingerprint density at radius 3 is 1.73 bits per heavy atom. The van der Waals surface area contributed by atoms with Crippen molar-refractivity contribution < 1.29 is 17.9 Å². The van der Waals surface area contributed by atoms with E-state index in [1.165, 1.54) is 12.1 Å². The standard InChI is InChI=1S/C19H16F3N3O/c1-23-14-2-4-15(5-3-14)24-10-18(11-24)12-25(13-18)16-6-8-17(9-7-16)26-19(20,21)22/h2-9H,10-13H2. The minimum Gasteiger partial charge on any atom is -0.406 e. The van der Waals surface area contributed by atoms with Crippen LogP contribution in [0, 0.1) is 12.0 Å². The van der Waals surface area contributed by atoms with E-state index in [-0.39, 0.29) is 11.2 Å². The van der Waals surface area contributed by atoms with Gasteiger partial charge in [-0.15, -0.1) is 13.2 Å². The van der Waals surface area contributed by atoms with Crippen molar-refractivity contribution >= 4 is 17.1 Å². The first-order valence-corrected chi connectivity index (χ1v) is 8.19. The first-order chi connectivity index (χ1) is 12.4. The highest BCUT2D eigenvalue weighted by Gasteiger charge is 2.51. The first-order valence-electron chi connectivity index (χ1n) is 8.19. The summed E-state index contributed by atoms with van der Waals surface area (Å²) in [6.07, 6.45) is -4.66. The van der Waals surface area contributed by atoms with E-state index in [9.17, 15) is 13.2 Å². The molecular formula is C19H16F3N3O. The van der Waals surface area contributed by atoms with E-state index in [2.05, 4.69) is 19.4 Å². The van der Waals surface area contributed by atoms with Gasteiger partial charge in [0, 0.05) is 43.0 Å². The maximum absolute atomic E-state index is 12.2. The first kappa shape index (κ1) is 16.6. The molecule has 134 valence electrons. The number of rotatable bonds is 3. The van der Waals surface area contributed by atoms with Crippen molar-refractivity contribution in [2.75, 3.05) is 36.0 Å². The third-order valence-electron chi connectivity index (χ3n) is 4.88. The second-order valence-corrected chi connectivity index (χ2v) is 6.88. The molecule has 2 aliphatic rings. The molecule has 26 heavy (non-hydrogen) atoms. The van der Waals surface area contributed by atoms with Crippen LogP contribution in [0.5, 0.6) is 5.75 Å². The van der Waals surface area contributed by atoms with Crippen molar-refractivity contribution in [1.29, 1.82) is 0 Å². The molecule has 0 saturated carbocycles. The number of halogens is 3. The van der Waals surface area contributed by atoms with Crippen molar-refractivity contribution in [2.24, 2.45) is 5.41 Å². The monoisotopic (exact) mass is 359 g/mol. The van der Waals surface area contributed by atoms with Crippen LogP contribution in [0.2, 0.25) is 0 Å². The highest BCUT2D eigenvalue weighted by Crippen LogP contribution is 2.44. The van der Waals surface area contributed by atoms with Crippen LogP contribution in [0.3, 0.4) is 0 Å². The van der Waals surface area contributed by atoms with E-state index < -0.39 is 6.36 Å². The average Bonchev–Trinajstić information content (AvgIpc) is 2.53. The van der Waals surface area contributed by atoms with E-state index in [0.29, 0.717) is 5.69 Å². The number of hydrogen-bond donors (Lipinski definition) is 0. The Bertz CT molecular complexity index is 826. The third-order valence-corrected chi connectivity index (χ3v) is 4.88. The Morgan fingerprint density at radius 2 is 1.31 bits per heavy atom. The molecule has 0 N–H and O–H groups in total. The molecule has 0 bridgehead atoms. The molecule has 0 unspecified atom stereocenters. The summed E-state index contributed by atoms with van der Waals surface area (Å²) in [5, 5.41) is 0. The molecule has 0 radical (unpaired) electrons. The summed E-state index contributed by atoms with van der Waals surface area (Å²) in [6, 6.07) is 13.6. The van der Waals surface area contributed by atoms with Crippen molar-refractivity contribution in [3.05, 3.63) is 59.9 Å². The van der Waals surface area contributed by atoms with Gasteiger partial charge in [-0.05, 0) is 36.4 Å². The summed E-state index contributed by atoms with van der Waals surface area (Å²) in [7, 11) is 0. The zero-order chi connectivity index (χ0) is 18.4. The smallest absolute Gasteiger partial charge is 0.406 e. The van der Waals surface area contributed by atoms with Gasteiger partial charge in [-0.2, -0.15) is 0 Å². The molecule has 2 aliphatic heterocycles. The zero-order valence-electron chi connectivity index (χ0n) is 13.8. The molecular weight excluding hydrogens is 343 g/mol. The summed E-state index contributed by atoms with van der Waals surface area (Å²) in [6.45, 7) is 10.7. The third kappa shape index (κ3) is 3.15. The predicted molar refractivity (Wildman–Crippen MR) is 92.7 cm³/mol. The normalized spacial score (nSPS) is 18.1. The van der Waals surface area contributed by atoms with Gasteiger partial charge < -0.3 is 14.5 Å². The fourth-order valence-electron chi connectivity index (χ4n) is 3.69. The van der Waals surface area contributed by atoms with Crippen molar-refractivity contribution in [3.63, 3.8) is 0 Å². The maximum atomic E-state index is 12.2. The fourth-order valence-corrected chi connectivity index (χ4v) is 3.69. The lowest BCUT2D eigenvalue weighted by atomic mass is 9.72. The molecule has 2 heterocycles. The van der Waals surface area contributed by atoms with Gasteiger partial charge in [-0.25, -0.2) is 4.85 Å². The lowest BCUT2D eigenvalue weighted by molar-refractivity contribution is -0.274. The minimum atomic E-state index is -4.66. The van der Waals surface area contributed by atoms with Gasteiger partial charge in [0.05, 0.1) is 6.57 Å². The summed E-state index contributed by atoms with van der Waals surface area (Å²) in [5.41, 5.74) is 2.91. The number of alkyl halides is 3. The average molecular weight is 359 g/mol. The number of nitrogens with zero attached hydrogens (tertiary/aromatic N) is 3. The van der Waals surface area contributed by atoms with Crippen LogP contribution in [0.1, 0.15) is 0 Å². The predicted octanol–water partition coefficient (Wildman–Crippen LogP) is 4.46. The molecule has 2 saturated heterocycles. The van der Waals surface area contributed by atoms with E-state index in [1.807, 2.05) is 24.3 Å². The van der Waals surface area contributed by atoms with Crippen molar-refractivity contribution in [2.45, 2.75) is 6.36 Å². The van der Waals surface area contributed by atoms with Crippen molar-refractivity contribution in [3.8, 4) is 5.75 Å². The maximum Gasteiger partial charge on any atom is 0.573 e. The molecule has 2 fully saturated rings. The largest absolute Gasteiger partial charge is 0.573 e. The Labute approximate surface area is 149 Å². The van der Waals surface area contributed by atoms with E-state index in [4.69, 9.17) is 6.57 Å². The molecule has 1 spiro atoms. The number of benzene rings is 2. The number of hydrogen-bond acceptors (Lipinski definition) is 3. The molecule has 0 aromatic heterocycles. The SMILES string of the molecule is [C-]#[N+]c1ccc(N2CC3(C2)CN(c2ccc(OC(F)(F)F)cc2)C3)cc1. The molecule has 7 heteroatoms. The summed E-state index contributed by atoms with van der Waals surface area (Å²) >= 11 is 0. The number of anilines is 2. The van der Waals surface area contributed by atoms with Gasteiger partial charge in [0.2, 0.25) is 0 Å². The van der Waals surface area contributed by atoms with E-state index >= 15 is 0 Å². The Balaban J connectivity index is 1.31. The number of ether oxygens (including phenoxy) is 1. The van der Waals surface area contributed by atoms with Gasteiger partial charge in [0.1, 0.15) is 5.75 Å². The van der Waals surface area contributed by atoms with Gasteiger partial charge in [-0.3, -0.25) is 0 Å². The van der Waals surface area contributed by atoms with Crippen LogP contribution in [-0.4, -0.2) is 32.5 Å². The van der Waals surface area contributed by atoms with Crippen LogP contribution in [0.25, 0.3) is 4.85 Å². The van der Waals surface area contributed by atoms with E-state index in [0.717, 1.165) is 37.6 Å². The lowest BCUT2D eigenvalue weighted by Crippen LogP contribution is -2.72. The minimum absolute atomic E-state index is 0.200. The van der Waals surface area contributed by atoms with Gasteiger partial charge in [-0.1, -0.05) is 12.1 Å². The highest BCUT2D eigenvalue weighted by molar-refractivity contribution is 5.60. The van der Waals surface area contributed by atoms with Gasteiger partial charge in [0.25, 0.3) is 0 Å². The molecule has 0 atom stereocenters. The lowest BCUT2D eigenvalue weighted by Gasteiger charge is -2.61. The molecule has 0 aliphatic carbocycles. The van der Waals surface area contributed by atoms with Crippen LogP contribution < -0.4 is 14.5 Å². The molecule has 2 aromatic rings. The Hall–Kier alpha value is -2.88.